The van der Waals surface area contributed by atoms with Gasteiger partial charge in [-0.05, 0) is 41.7 Å². The van der Waals surface area contributed by atoms with Crippen molar-refractivity contribution in [3.8, 4) is 22.5 Å². The molecule has 0 unspecified atom stereocenters. The van der Waals surface area contributed by atoms with E-state index in [4.69, 9.17) is 16.3 Å². The van der Waals surface area contributed by atoms with E-state index in [1.165, 1.54) is 17.8 Å². The summed E-state index contributed by atoms with van der Waals surface area (Å²) in [5, 5.41) is 1.85. The minimum absolute atomic E-state index is 0. The topological polar surface area (TPSA) is 38.9 Å². The van der Waals surface area contributed by atoms with Gasteiger partial charge in [-0.2, -0.15) is 0 Å². The van der Waals surface area contributed by atoms with Gasteiger partial charge in [-0.15, -0.1) is 18.2 Å². The Morgan fingerprint density at radius 2 is 1.52 bits per heavy atom. The molecule has 5 heteroatoms. The second kappa shape index (κ2) is 15.6. The molecule has 0 saturated carbocycles. The fraction of sp³-hybridized carbons (Fsp3) is 0.209. The van der Waals surface area contributed by atoms with Crippen molar-refractivity contribution in [3.63, 3.8) is 0 Å². The van der Waals surface area contributed by atoms with E-state index in [1.54, 1.807) is 40.8 Å². The molecule has 0 aliphatic carbocycles. The van der Waals surface area contributed by atoms with Gasteiger partial charge in [-0.1, -0.05) is 65.5 Å². The molecule has 245 valence electrons. The van der Waals surface area contributed by atoms with Crippen LogP contribution in [0.5, 0.6) is 0 Å². The molecule has 0 amide bonds. The number of nitrogens with zero attached hydrogens (tertiary/aromatic N) is 2. The van der Waals surface area contributed by atoms with E-state index in [-0.39, 0.29) is 31.2 Å². The second-order valence-corrected chi connectivity index (χ2v) is 23.7. The van der Waals surface area contributed by atoms with Crippen molar-refractivity contribution >= 4 is 39.6 Å². The number of aromatic nitrogens is 2. The minimum Gasteiger partial charge on any atom is -0.501 e. The smallest absolute Gasteiger partial charge is 0.120 e. The summed E-state index contributed by atoms with van der Waals surface area (Å²) in [6, 6.07) is 38.2. The van der Waals surface area contributed by atoms with Crippen molar-refractivity contribution in [3.05, 3.63) is 150 Å². The van der Waals surface area contributed by atoms with Gasteiger partial charge in [-0.3, -0.25) is 0 Å². The van der Waals surface area contributed by atoms with Crippen LogP contribution in [0.3, 0.4) is 0 Å². The van der Waals surface area contributed by atoms with Crippen LogP contribution in [-0.4, -0.2) is 23.2 Å². The molecule has 3 aromatic heterocycles. The van der Waals surface area contributed by atoms with Crippen LogP contribution in [0.2, 0.25) is 17.3 Å². The third-order valence-electron chi connectivity index (χ3n) is 7.96. The Morgan fingerprint density at radius 3 is 2.25 bits per heavy atom. The van der Waals surface area contributed by atoms with E-state index >= 15 is 0 Å². The molecule has 0 spiro atoms. The molecule has 0 fully saturated rings. The first-order chi connectivity index (χ1) is 24.6. The van der Waals surface area contributed by atoms with Gasteiger partial charge in [-0.25, -0.2) is 0 Å². The van der Waals surface area contributed by atoms with Gasteiger partial charge in [0.2, 0.25) is 0 Å². The number of hydrogen-bond acceptors (Lipinski definition) is 3. The average Bonchev–Trinajstić information content (AvgIpc) is 3.50. The zero-order valence-corrected chi connectivity index (χ0v) is 32.4. The molecule has 0 atom stereocenters. The van der Waals surface area contributed by atoms with Crippen molar-refractivity contribution in [2.75, 3.05) is 0 Å². The summed E-state index contributed by atoms with van der Waals surface area (Å²) in [6.45, 7) is 2.06. The fourth-order valence-electron chi connectivity index (χ4n) is 5.73. The normalized spacial score (nSPS) is 13.4. The first kappa shape index (κ1) is 29.1. The molecule has 0 bridgehead atoms. The molecule has 48 heavy (non-hydrogen) atoms. The molecule has 4 aromatic carbocycles. The maximum absolute atomic E-state index is 8.79. The predicted octanol–water partition coefficient (Wildman–Crippen LogP) is 10.6. The maximum Gasteiger partial charge on any atom is 0.120 e. The minimum atomic E-state index is -2.52. The third-order valence-corrected chi connectivity index (χ3v) is 12.3. The molecule has 3 heterocycles. The Kier molecular flexibility index (Phi) is 9.46. The largest absolute Gasteiger partial charge is 0.501 e. The van der Waals surface area contributed by atoms with E-state index in [0.717, 1.165) is 34.0 Å². The molecule has 1 radical (unpaired) electrons. The Morgan fingerprint density at radius 1 is 0.792 bits per heavy atom. The van der Waals surface area contributed by atoms with Gasteiger partial charge in [0.1, 0.15) is 5.58 Å². The molecule has 0 N–H and O–H groups in total. The number of para-hydroxylation sites is 1. The first-order valence-corrected chi connectivity index (χ1v) is 23.3. The molecule has 0 saturated heterocycles. The summed E-state index contributed by atoms with van der Waals surface area (Å²) in [6.07, 6.45) is 2.48. The molecule has 3 nitrogen and oxygen atoms in total. The SMILES string of the molecule is CC(C)Cc1cc(-c2[c-]cccc2)nc[c]1[Ge]([CH3])([CH3])[CH3].[2H]C([2H])([2H])c1cnc(-c2[c-]ccc3c2oc2ccccc23)cc1C([2H])([2H])c1ccccc1.[Ir]. The van der Waals surface area contributed by atoms with Gasteiger partial charge in [0, 0.05) is 38.5 Å². The van der Waals surface area contributed by atoms with Crippen molar-refractivity contribution in [1.29, 1.82) is 0 Å². The fourth-order valence-corrected chi connectivity index (χ4v) is 9.07. The summed E-state index contributed by atoms with van der Waals surface area (Å²) in [4.78, 5) is 9.08. The molecule has 0 aliphatic heterocycles. The van der Waals surface area contributed by atoms with E-state index in [0.29, 0.717) is 28.3 Å². The van der Waals surface area contributed by atoms with E-state index in [9.17, 15) is 0 Å². The zero-order chi connectivity index (χ0) is 37.3. The predicted molar refractivity (Wildman–Crippen MR) is 200 cm³/mol. The first-order valence-electron chi connectivity index (χ1n) is 18.5. The molecule has 7 rings (SSSR count). The van der Waals surface area contributed by atoms with Gasteiger partial charge in [0.25, 0.3) is 0 Å². The van der Waals surface area contributed by atoms with Crippen molar-refractivity contribution in [1.82, 2.24) is 9.97 Å². The van der Waals surface area contributed by atoms with Crippen LogP contribution < -0.4 is 4.40 Å². The Hall–Kier alpha value is -3.83. The van der Waals surface area contributed by atoms with E-state index < -0.39 is 26.5 Å². The van der Waals surface area contributed by atoms with Crippen LogP contribution >= 0.6 is 0 Å². The van der Waals surface area contributed by atoms with E-state index in [1.807, 2.05) is 48.5 Å². The average molecular weight is 873 g/mol. The van der Waals surface area contributed by atoms with Crippen LogP contribution in [0.1, 0.15) is 43.0 Å². The van der Waals surface area contributed by atoms with Gasteiger partial charge < -0.3 is 9.40 Å². The van der Waals surface area contributed by atoms with Crippen molar-refractivity contribution in [2.24, 2.45) is 5.92 Å². The van der Waals surface area contributed by atoms with Crippen molar-refractivity contribution in [2.45, 2.75) is 50.8 Å². The Balaban J connectivity index is 0.000000223. The van der Waals surface area contributed by atoms with E-state index in [2.05, 4.69) is 66.6 Å². The Labute approximate surface area is 308 Å². The van der Waals surface area contributed by atoms with Crippen LogP contribution in [-0.2, 0) is 32.9 Å². The number of hydrogen-bond donors (Lipinski definition) is 0. The van der Waals surface area contributed by atoms with Crippen LogP contribution in [0.25, 0.3) is 44.5 Å². The summed E-state index contributed by atoms with van der Waals surface area (Å²) >= 11 is -1.86. The summed E-state index contributed by atoms with van der Waals surface area (Å²) < 4.78 is 49.0. The molecule has 0 aliphatic rings. The number of furan rings is 1. The van der Waals surface area contributed by atoms with Gasteiger partial charge >= 0.3 is 126 Å². The van der Waals surface area contributed by atoms with Crippen molar-refractivity contribution < 1.29 is 31.4 Å². The Bertz CT molecular complexity index is 2320. The molecular weight excluding hydrogens is 825 g/mol. The number of aryl methyl sites for hydroxylation is 1. The summed E-state index contributed by atoms with van der Waals surface area (Å²) in [5.74, 6) is 7.99. The van der Waals surface area contributed by atoms with Crippen LogP contribution in [0.15, 0.2) is 120 Å². The quantitative estimate of drug-likeness (QED) is 0.118. The summed E-state index contributed by atoms with van der Waals surface area (Å²) in [7, 11) is 0. The number of rotatable bonds is 7. The van der Waals surface area contributed by atoms with Crippen LogP contribution in [0, 0.1) is 24.9 Å². The number of pyridine rings is 2. The monoisotopic (exact) mass is 874 g/mol. The maximum atomic E-state index is 8.79. The van der Waals surface area contributed by atoms with Gasteiger partial charge in [0.05, 0.1) is 5.58 Å². The third kappa shape index (κ3) is 8.23. The zero-order valence-electron chi connectivity index (χ0n) is 32.9. The number of benzene rings is 4. The number of fused-ring (bicyclic) bond motifs is 3. The summed E-state index contributed by atoms with van der Waals surface area (Å²) in [5.41, 5.74) is 6.20. The molecule has 7 aromatic rings. The van der Waals surface area contributed by atoms with Gasteiger partial charge in [0.15, 0.2) is 0 Å². The van der Waals surface area contributed by atoms with Crippen LogP contribution in [0.4, 0.5) is 0 Å². The standard InChI is InChI=1S/C25H18NO.C18H24GeN.Ir/c1-17-16-26-23(15-19(17)14-18-8-3-2-4-9-18)22-12-7-11-21-20-10-5-6-13-24(20)27-25(21)22;1-14(2)11-16-12-18(15-9-7-6-8-10-15)20-13-17(16)19(3,4)5;/h2-11,13,15-16H,14H2,1H3;6-9,12-14H,11H2,1-5H3;/q2*-1;/i1D3,14D2;;. The second-order valence-electron chi connectivity index (χ2n) is 13.2. The molecular formula is C43H42GeIrN2O-2.